The van der Waals surface area contributed by atoms with Crippen molar-refractivity contribution >= 4 is 17.5 Å². The number of hydrogen-bond acceptors (Lipinski definition) is 5. The summed E-state index contributed by atoms with van der Waals surface area (Å²) in [7, 11) is 1.28. The lowest BCUT2D eigenvalue weighted by Gasteiger charge is -2.09. The van der Waals surface area contributed by atoms with E-state index in [0.717, 1.165) is 5.56 Å². The number of hydroxylamine groups is 2. The molecule has 1 aliphatic rings. The lowest BCUT2D eigenvalue weighted by Crippen LogP contribution is -2.24. The van der Waals surface area contributed by atoms with E-state index in [1.807, 2.05) is 0 Å². The van der Waals surface area contributed by atoms with Crippen LogP contribution in [0, 0.1) is 0 Å². The van der Waals surface area contributed by atoms with Crippen molar-refractivity contribution in [1.82, 2.24) is 5.06 Å². The molecule has 0 spiro atoms. The number of rotatable bonds is 4. The Bertz CT molecular complexity index is 771. The summed E-state index contributed by atoms with van der Waals surface area (Å²) < 4.78 is 10.5. The third-order valence-electron chi connectivity index (χ3n) is 3.56. The zero-order chi connectivity index (χ0) is 17.1. The first-order valence-corrected chi connectivity index (χ1v) is 7.28. The number of nitrogens with one attached hydrogen (secondary N) is 1. The first-order valence-electron chi connectivity index (χ1n) is 7.28. The Morgan fingerprint density at radius 3 is 2.54 bits per heavy atom. The summed E-state index contributed by atoms with van der Waals surface area (Å²) in [6.07, 6.45) is 0.0867. The first kappa shape index (κ1) is 15.8. The van der Waals surface area contributed by atoms with E-state index in [0.29, 0.717) is 27.8 Å². The summed E-state index contributed by atoms with van der Waals surface area (Å²) in [5, 5.41) is 12.4. The minimum atomic E-state index is -0.410. The molecule has 7 heteroatoms. The van der Waals surface area contributed by atoms with Crippen LogP contribution in [0.1, 0.15) is 15.9 Å². The molecular weight excluding hydrogens is 312 g/mol. The Labute approximate surface area is 138 Å². The molecule has 2 aromatic carbocycles. The van der Waals surface area contributed by atoms with Crippen LogP contribution in [0.5, 0.6) is 11.5 Å². The number of fused-ring (bicyclic) bond motifs is 1. The van der Waals surface area contributed by atoms with Crippen molar-refractivity contribution in [3.63, 3.8) is 0 Å². The van der Waals surface area contributed by atoms with E-state index in [1.165, 1.54) is 7.05 Å². The molecule has 2 N–H and O–H groups in total. The highest BCUT2D eigenvalue weighted by Gasteiger charge is 2.16. The molecule has 0 saturated carbocycles. The fourth-order valence-electron chi connectivity index (χ4n) is 2.24. The summed E-state index contributed by atoms with van der Waals surface area (Å²) in [4.78, 5) is 23.7. The van der Waals surface area contributed by atoms with Crippen LogP contribution in [0.15, 0.2) is 42.5 Å². The SMILES string of the molecule is CN(O)C(=O)Cc1ccc(NC(=O)c2ccc3c(c2)OCO3)cc1. The maximum atomic E-state index is 12.3. The van der Waals surface area contributed by atoms with E-state index in [9.17, 15) is 9.59 Å². The molecule has 7 nitrogen and oxygen atoms in total. The number of likely N-dealkylation sites (N-methyl/N-ethyl adjacent to an activating group) is 1. The molecule has 0 aliphatic carbocycles. The van der Waals surface area contributed by atoms with Crippen LogP contribution in [0.4, 0.5) is 5.69 Å². The zero-order valence-electron chi connectivity index (χ0n) is 13.0. The van der Waals surface area contributed by atoms with Crippen molar-refractivity contribution in [2.45, 2.75) is 6.42 Å². The number of ether oxygens (including phenoxy) is 2. The van der Waals surface area contributed by atoms with Gasteiger partial charge in [-0.25, -0.2) is 5.06 Å². The molecule has 0 fully saturated rings. The van der Waals surface area contributed by atoms with Gasteiger partial charge in [0.15, 0.2) is 11.5 Å². The highest BCUT2D eigenvalue weighted by molar-refractivity contribution is 6.04. The molecule has 0 atom stereocenters. The lowest BCUT2D eigenvalue weighted by molar-refractivity contribution is -0.158. The normalized spacial score (nSPS) is 11.9. The van der Waals surface area contributed by atoms with Crippen LogP contribution in [0.2, 0.25) is 0 Å². The zero-order valence-corrected chi connectivity index (χ0v) is 13.0. The topological polar surface area (TPSA) is 88.1 Å². The number of hydrogen-bond donors (Lipinski definition) is 2. The third kappa shape index (κ3) is 3.47. The third-order valence-corrected chi connectivity index (χ3v) is 3.56. The summed E-state index contributed by atoms with van der Waals surface area (Å²) in [6, 6.07) is 11.8. The molecular formula is C17H16N2O5. The van der Waals surface area contributed by atoms with Gasteiger partial charge < -0.3 is 14.8 Å². The van der Waals surface area contributed by atoms with Crippen LogP contribution < -0.4 is 14.8 Å². The maximum absolute atomic E-state index is 12.3. The van der Waals surface area contributed by atoms with Gasteiger partial charge in [0, 0.05) is 18.3 Å². The second-order valence-electron chi connectivity index (χ2n) is 5.31. The van der Waals surface area contributed by atoms with Crippen molar-refractivity contribution in [3.05, 3.63) is 53.6 Å². The molecule has 1 heterocycles. The van der Waals surface area contributed by atoms with Gasteiger partial charge in [-0.3, -0.25) is 14.8 Å². The molecule has 0 radical (unpaired) electrons. The van der Waals surface area contributed by atoms with E-state index < -0.39 is 5.91 Å². The second kappa shape index (κ2) is 6.59. The van der Waals surface area contributed by atoms with E-state index in [-0.39, 0.29) is 19.1 Å². The van der Waals surface area contributed by atoms with Crippen LogP contribution in [-0.4, -0.2) is 35.9 Å². The van der Waals surface area contributed by atoms with Gasteiger partial charge in [0.2, 0.25) is 12.7 Å². The molecule has 124 valence electrons. The Morgan fingerprint density at radius 1 is 1.12 bits per heavy atom. The van der Waals surface area contributed by atoms with Crippen LogP contribution in [0.25, 0.3) is 0 Å². The molecule has 0 bridgehead atoms. The molecule has 24 heavy (non-hydrogen) atoms. The van der Waals surface area contributed by atoms with Gasteiger partial charge in [-0.15, -0.1) is 0 Å². The van der Waals surface area contributed by atoms with Crippen molar-refractivity contribution in [2.75, 3.05) is 19.2 Å². The predicted octanol–water partition coefficient (Wildman–Crippen LogP) is 2.06. The fourth-order valence-corrected chi connectivity index (χ4v) is 2.24. The van der Waals surface area contributed by atoms with Crippen LogP contribution >= 0.6 is 0 Å². The minimum Gasteiger partial charge on any atom is -0.454 e. The monoisotopic (exact) mass is 328 g/mol. The standard InChI is InChI=1S/C17H16N2O5/c1-19(22)16(20)8-11-2-5-13(6-3-11)18-17(21)12-4-7-14-15(9-12)24-10-23-14/h2-7,9,22H,8,10H2,1H3,(H,18,21). The van der Waals surface area contributed by atoms with Gasteiger partial charge in [-0.1, -0.05) is 12.1 Å². The predicted molar refractivity (Wildman–Crippen MR) is 85.2 cm³/mol. The second-order valence-corrected chi connectivity index (χ2v) is 5.31. The van der Waals surface area contributed by atoms with Crippen LogP contribution in [0.3, 0.4) is 0 Å². The highest BCUT2D eigenvalue weighted by Crippen LogP contribution is 2.32. The molecule has 3 rings (SSSR count). The smallest absolute Gasteiger partial charge is 0.255 e. The Hall–Kier alpha value is -3.06. The van der Waals surface area contributed by atoms with Gasteiger partial charge >= 0.3 is 0 Å². The molecule has 1 aliphatic heterocycles. The summed E-state index contributed by atoms with van der Waals surface area (Å²) >= 11 is 0. The van der Waals surface area contributed by atoms with E-state index in [4.69, 9.17) is 14.7 Å². The lowest BCUT2D eigenvalue weighted by atomic mass is 10.1. The van der Waals surface area contributed by atoms with Gasteiger partial charge in [0.25, 0.3) is 5.91 Å². The Morgan fingerprint density at radius 2 is 1.83 bits per heavy atom. The highest BCUT2D eigenvalue weighted by atomic mass is 16.7. The molecule has 0 saturated heterocycles. The van der Waals surface area contributed by atoms with Gasteiger partial charge in [-0.05, 0) is 35.9 Å². The quantitative estimate of drug-likeness (QED) is 0.662. The van der Waals surface area contributed by atoms with Gasteiger partial charge in [0.1, 0.15) is 0 Å². The van der Waals surface area contributed by atoms with Crippen molar-refractivity contribution in [3.8, 4) is 11.5 Å². The maximum Gasteiger partial charge on any atom is 0.255 e. The molecule has 2 amide bonds. The van der Waals surface area contributed by atoms with E-state index >= 15 is 0 Å². The van der Waals surface area contributed by atoms with Crippen molar-refractivity contribution < 1.29 is 24.3 Å². The number of carbonyl (C=O) groups is 2. The average Bonchev–Trinajstić information content (AvgIpc) is 3.04. The Balaban J connectivity index is 1.65. The largest absolute Gasteiger partial charge is 0.454 e. The number of carbonyl (C=O) groups excluding carboxylic acids is 2. The van der Waals surface area contributed by atoms with E-state index in [2.05, 4.69) is 5.32 Å². The minimum absolute atomic E-state index is 0.0867. The first-order chi connectivity index (χ1) is 11.5. The van der Waals surface area contributed by atoms with Gasteiger partial charge in [-0.2, -0.15) is 0 Å². The van der Waals surface area contributed by atoms with E-state index in [1.54, 1.807) is 42.5 Å². The van der Waals surface area contributed by atoms with Gasteiger partial charge in [0.05, 0.1) is 6.42 Å². The van der Waals surface area contributed by atoms with Crippen molar-refractivity contribution in [1.29, 1.82) is 0 Å². The number of amides is 2. The fraction of sp³-hybridized carbons (Fsp3) is 0.176. The summed E-state index contributed by atoms with van der Waals surface area (Å²) in [5.41, 5.74) is 1.80. The van der Waals surface area contributed by atoms with Crippen LogP contribution in [-0.2, 0) is 11.2 Å². The summed E-state index contributed by atoms with van der Waals surface area (Å²) in [6.45, 7) is 0.156. The Kier molecular flexibility index (Phi) is 4.35. The average molecular weight is 328 g/mol. The number of nitrogens with zero attached hydrogens (tertiary/aromatic N) is 1. The molecule has 2 aromatic rings. The number of anilines is 1. The van der Waals surface area contributed by atoms with Crippen molar-refractivity contribution in [2.24, 2.45) is 0 Å². The summed E-state index contributed by atoms with van der Waals surface area (Å²) in [5.74, 6) is 0.485. The molecule has 0 aromatic heterocycles. The molecule has 0 unspecified atom stereocenters. The number of benzene rings is 2.